The lowest BCUT2D eigenvalue weighted by molar-refractivity contribution is -0.165. The maximum Gasteiger partial charge on any atom is 0.203 e. The van der Waals surface area contributed by atoms with E-state index in [2.05, 4.69) is 5.32 Å². The first kappa shape index (κ1) is 6.96. The maximum atomic E-state index is 12.6. The highest BCUT2D eigenvalue weighted by Crippen LogP contribution is 2.14. The van der Waals surface area contributed by atoms with Crippen LogP contribution in [0, 0.1) is 0 Å². The molecule has 1 aliphatic heterocycles. The number of ether oxygens (including phenoxy) is 1. The molecule has 1 fully saturated rings. The molecule has 0 aliphatic carbocycles. The van der Waals surface area contributed by atoms with Crippen LogP contribution in [0.4, 0.5) is 4.39 Å². The third-order valence-electron chi connectivity index (χ3n) is 1.19. The first-order valence-electron chi connectivity index (χ1n) is 3.15. The minimum atomic E-state index is -1.47. The van der Waals surface area contributed by atoms with Gasteiger partial charge in [-0.25, -0.2) is 4.39 Å². The normalized spacial score (nSPS) is 21.7. The largest absolute Gasteiger partial charge is 0.340 e. The van der Waals surface area contributed by atoms with Gasteiger partial charge in [-0.2, -0.15) is 0 Å². The molecule has 1 heterocycles. The Morgan fingerprint density at radius 3 is 2.22 bits per heavy atom. The van der Waals surface area contributed by atoms with Crippen molar-refractivity contribution >= 4 is 0 Å². The molecule has 1 N–H and O–H groups in total. The predicted octanol–water partition coefficient (Wildman–Crippen LogP) is 0.680. The molecule has 0 saturated carbocycles. The Bertz CT molecular complexity index is 95.7. The summed E-state index contributed by atoms with van der Waals surface area (Å²) in [6.45, 7) is 4.41. The zero-order chi connectivity index (χ0) is 6.91. The lowest BCUT2D eigenvalue weighted by atomic mass is 10.2. The summed E-state index contributed by atoms with van der Waals surface area (Å²) in [5.74, 6) is -1.47. The number of hydrogen-bond acceptors (Lipinski definition) is 2. The molecule has 54 valence electrons. The van der Waals surface area contributed by atoms with Crippen molar-refractivity contribution < 1.29 is 9.13 Å². The fourth-order valence-corrected chi connectivity index (χ4v) is 0.742. The lowest BCUT2D eigenvalue weighted by Gasteiger charge is -2.31. The summed E-state index contributed by atoms with van der Waals surface area (Å²) in [4.78, 5) is 0. The number of rotatable bonds is 2. The van der Waals surface area contributed by atoms with Crippen LogP contribution in [0.2, 0.25) is 0 Å². The Morgan fingerprint density at radius 2 is 2.11 bits per heavy atom. The van der Waals surface area contributed by atoms with E-state index in [9.17, 15) is 4.39 Å². The quantitative estimate of drug-likeness (QED) is 0.598. The van der Waals surface area contributed by atoms with Gasteiger partial charge in [0.25, 0.3) is 0 Å². The van der Waals surface area contributed by atoms with Crippen molar-refractivity contribution in [3.05, 3.63) is 0 Å². The number of halogens is 1. The summed E-state index contributed by atoms with van der Waals surface area (Å²) < 4.78 is 17.6. The predicted molar refractivity (Wildman–Crippen MR) is 32.9 cm³/mol. The van der Waals surface area contributed by atoms with E-state index in [4.69, 9.17) is 4.74 Å². The molecule has 9 heavy (non-hydrogen) atoms. The lowest BCUT2D eigenvalue weighted by Crippen LogP contribution is -2.51. The molecular formula is C6H12FNO. The highest BCUT2D eigenvalue weighted by molar-refractivity contribution is 4.76. The van der Waals surface area contributed by atoms with E-state index in [-0.39, 0.29) is 6.10 Å². The van der Waals surface area contributed by atoms with Gasteiger partial charge in [0.1, 0.15) is 0 Å². The van der Waals surface area contributed by atoms with Gasteiger partial charge >= 0.3 is 0 Å². The second-order valence-corrected chi connectivity index (χ2v) is 2.76. The molecule has 0 radical (unpaired) electrons. The molecule has 0 amide bonds. The Balaban J connectivity index is 2.16. The molecule has 0 spiro atoms. The van der Waals surface area contributed by atoms with Gasteiger partial charge in [-0.1, -0.05) is 0 Å². The van der Waals surface area contributed by atoms with Crippen LogP contribution in [0.15, 0.2) is 0 Å². The first-order chi connectivity index (χ1) is 4.08. The Hall–Kier alpha value is -0.150. The van der Waals surface area contributed by atoms with Gasteiger partial charge < -0.3 is 10.1 Å². The standard InChI is InChI=1S/C6H12FNO/c1-6(2,7)9-5-3-8-4-5/h5,8H,3-4H2,1-2H3. The number of alkyl halides is 1. The van der Waals surface area contributed by atoms with Crippen molar-refractivity contribution in [3.8, 4) is 0 Å². The molecule has 0 atom stereocenters. The van der Waals surface area contributed by atoms with Crippen molar-refractivity contribution in [2.75, 3.05) is 13.1 Å². The second-order valence-electron chi connectivity index (χ2n) is 2.76. The van der Waals surface area contributed by atoms with Crippen molar-refractivity contribution in [1.29, 1.82) is 0 Å². The van der Waals surface area contributed by atoms with Crippen LogP contribution in [0.1, 0.15) is 13.8 Å². The Labute approximate surface area is 54.4 Å². The summed E-state index contributed by atoms with van der Waals surface area (Å²) in [6, 6.07) is 0. The molecular weight excluding hydrogens is 121 g/mol. The van der Waals surface area contributed by atoms with Gasteiger partial charge in [0.05, 0.1) is 6.10 Å². The van der Waals surface area contributed by atoms with E-state index in [1.807, 2.05) is 0 Å². The van der Waals surface area contributed by atoms with Crippen molar-refractivity contribution in [3.63, 3.8) is 0 Å². The molecule has 0 aromatic carbocycles. The Morgan fingerprint density at radius 1 is 1.56 bits per heavy atom. The molecule has 0 unspecified atom stereocenters. The van der Waals surface area contributed by atoms with Crippen LogP contribution in [0.5, 0.6) is 0 Å². The van der Waals surface area contributed by atoms with Gasteiger partial charge in [-0.15, -0.1) is 0 Å². The van der Waals surface area contributed by atoms with E-state index < -0.39 is 5.85 Å². The fourth-order valence-electron chi connectivity index (χ4n) is 0.742. The van der Waals surface area contributed by atoms with Crippen LogP contribution in [-0.4, -0.2) is 25.0 Å². The third-order valence-corrected chi connectivity index (χ3v) is 1.19. The number of nitrogens with one attached hydrogen (secondary N) is 1. The molecule has 1 saturated heterocycles. The Kier molecular flexibility index (Phi) is 1.73. The maximum absolute atomic E-state index is 12.6. The fraction of sp³-hybridized carbons (Fsp3) is 1.00. The summed E-state index contributed by atoms with van der Waals surface area (Å²) in [5, 5.41) is 2.99. The smallest absolute Gasteiger partial charge is 0.203 e. The topological polar surface area (TPSA) is 21.3 Å². The van der Waals surface area contributed by atoms with Crippen LogP contribution in [-0.2, 0) is 4.74 Å². The van der Waals surface area contributed by atoms with E-state index in [0.717, 1.165) is 13.1 Å². The van der Waals surface area contributed by atoms with Crippen LogP contribution >= 0.6 is 0 Å². The minimum absolute atomic E-state index is 0.0880. The van der Waals surface area contributed by atoms with E-state index >= 15 is 0 Å². The summed E-state index contributed by atoms with van der Waals surface area (Å²) in [7, 11) is 0. The average Bonchev–Trinajstić information content (AvgIpc) is 1.53. The van der Waals surface area contributed by atoms with Crippen molar-refractivity contribution in [2.24, 2.45) is 0 Å². The third kappa shape index (κ3) is 2.28. The molecule has 1 rings (SSSR count). The molecule has 0 bridgehead atoms. The average molecular weight is 133 g/mol. The van der Waals surface area contributed by atoms with Gasteiger partial charge in [0.15, 0.2) is 0 Å². The molecule has 0 aromatic heterocycles. The molecule has 3 heteroatoms. The van der Waals surface area contributed by atoms with E-state index in [1.165, 1.54) is 13.8 Å². The SMILES string of the molecule is CC(C)(F)OC1CNC1. The summed E-state index contributed by atoms with van der Waals surface area (Å²) >= 11 is 0. The number of hydrogen-bond donors (Lipinski definition) is 1. The van der Waals surface area contributed by atoms with Gasteiger partial charge in [0.2, 0.25) is 5.85 Å². The van der Waals surface area contributed by atoms with Crippen molar-refractivity contribution in [2.45, 2.75) is 25.8 Å². The molecule has 2 nitrogen and oxygen atoms in total. The first-order valence-corrected chi connectivity index (χ1v) is 3.15. The monoisotopic (exact) mass is 133 g/mol. The van der Waals surface area contributed by atoms with E-state index in [0.29, 0.717) is 0 Å². The molecule has 0 aromatic rings. The van der Waals surface area contributed by atoms with Gasteiger partial charge in [-0.05, 0) is 13.8 Å². The van der Waals surface area contributed by atoms with E-state index in [1.54, 1.807) is 0 Å². The minimum Gasteiger partial charge on any atom is -0.340 e. The van der Waals surface area contributed by atoms with Gasteiger partial charge in [-0.3, -0.25) is 0 Å². The molecule has 1 aliphatic rings. The summed E-state index contributed by atoms with van der Waals surface area (Å²) in [5.41, 5.74) is 0. The second kappa shape index (κ2) is 2.23. The van der Waals surface area contributed by atoms with Crippen molar-refractivity contribution in [1.82, 2.24) is 5.32 Å². The van der Waals surface area contributed by atoms with Gasteiger partial charge in [0, 0.05) is 13.1 Å². The highest BCUT2D eigenvalue weighted by atomic mass is 19.2. The van der Waals surface area contributed by atoms with Crippen LogP contribution in [0.3, 0.4) is 0 Å². The zero-order valence-electron chi connectivity index (χ0n) is 5.78. The van der Waals surface area contributed by atoms with Crippen LogP contribution < -0.4 is 5.32 Å². The zero-order valence-corrected chi connectivity index (χ0v) is 5.78. The summed E-state index contributed by atoms with van der Waals surface area (Å²) in [6.07, 6.45) is 0.0880. The highest BCUT2D eigenvalue weighted by Gasteiger charge is 2.26. The van der Waals surface area contributed by atoms with Crippen LogP contribution in [0.25, 0.3) is 0 Å².